The van der Waals surface area contributed by atoms with E-state index in [9.17, 15) is 9.59 Å². The van der Waals surface area contributed by atoms with E-state index in [1.165, 1.54) is 0 Å². The van der Waals surface area contributed by atoms with E-state index in [2.05, 4.69) is 5.32 Å². The Morgan fingerprint density at radius 1 is 1.27 bits per heavy atom. The molecule has 1 aromatic carbocycles. The van der Waals surface area contributed by atoms with Crippen molar-refractivity contribution in [2.45, 2.75) is 52.7 Å². The summed E-state index contributed by atoms with van der Waals surface area (Å²) in [6.07, 6.45) is 0.474. The number of anilines is 2. The number of rotatable bonds is 5. The number of nitrogen functional groups attached to an aromatic ring is 1. The van der Waals surface area contributed by atoms with Gasteiger partial charge in [-0.05, 0) is 33.3 Å². The van der Waals surface area contributed by atoms with Crippen LogP contribution in [0.1, 0.15) is 46.1 Å². The van der Waals surface area contributed by atoms with Gasteiger partial charge in [0, 0.05) is 12.0 Å². The van der Waals surface area contributed by atoms with Gasteiger partial charge in [0.05, 0.1) is 11.4 Å². The van der Waals surface area contributed by atoms with Gasteiger partial charge in [0.15, 0.2) is 0 Å². The highest BCUT2D eigenvalue weighted by Gasteiger charge is 2.18. The maximum absolute atomic E-state index is 11.9. The molecule has 1 rings (SSSR count). The lowest BCUT2D eigenvalue weighted by Crippen LogP contribution is -2.28. The first-order chi connectivity index (χ1) is 10.2. The van der Waals surface area contributed by atoms with Crippen molar-refractivity contribution in [1.29, 1.82) is 0 Å². The predicted octanol–water partition coefficient (Wildman–Crippen LogP) is 3.46. The third-order valence-corrected chi connectivity index (χ3v) is 2.65. The van der Waals surface area contributed by atoms with Crippen molar-refractivity contribution in [3.63, 3.8) is 0 Å². The van der Waals surface area contributed by atoms with Crippen molar-refractivity contribution in [1.82, 2.24) is 0 Å². The summed E-state index contributed by atoms with van der Waals surface area (Å²) in [4.78, 5) is 23.3. The number of para-hydroxylation sites is 1. The Hall–Kier alpha value is -2.24. The van der Waals surface area contributed by atoms with Crippen LogP contribution >= 0.6 is 0 Å². The molecule has 0 aliphatic heterocycles. The van der Waals surface area contributed by atoms with E-state index in [-0.39, 0.29) is 12.6 Å². The third-order valence-electron chi connectivity index (χ3n) is 2.65. The summed E-state index contributed by atoms with van der Waals surface area (Å²) in [5, 5.41) is 2.61. The SMILES string of the molecule is CCCC(=O)OCc1cccc(N)c1NC(=O)OC(C)(C)C. The zero-order valence-corrected chi connectivity index (χ0v) is 13.6. The van der Waals surface area contributed by atoms with Crippen molar-refractivity contribution in [2.24, 2.45) is 0 Å². The largest absolute Gasteiger partial charge is 0.461 e. The van der Waals surface area contributed by atoms with Gasteiger partial charge in [0.1, 0.15) is 12.2 Å². The van der Waals surface area contributed by atoms with Gasteiger partial charge in [-0.1, -0.05) is 19.1 Å². The van der Waals surface area contributed by atoms with Crippen molar-refractivity contribution in [3.8, 4) is 0 Å². The van der Waals surface area contributed by atoms with Gasteiger partial charge in [-0.15, -0.1) is 0 Å². The van der Waals surface area contributed by atoms with Crippen molar-refractivity contribution in [3.05, 3.63) is 23.8 Å². The molecule has 0 unspecified atom stereocenters. The average Bonchev–Trinajstić information content (AvgIpc) is 2.37. The number of nitrogens with one attached hydrogen (secondary N) is 1. The molecule has 0 spiro atoms. The van der Waals surface area contributed by atoms with Crippen LogP contribution in [-0.4, -0.2) is 17.7 Å². The Labute approximate surface area is 131 Å². The van der Waals surface area contributed by atoms with Crippen molar-refractivity contribution >= 4 is 23.4 Å². The van der Waals surface area contributed by atoms with E-state index < -0.39 is 11.7 Å². The van der Waals surface area contributed by atoms with Crippen LogP contribution in [0.4, 0.5) is 16.2 Å². The smallest absolute Gasteiger partial charge is 0.412 e. The summed E-state index contributed by atoms with van der Waals surface area (Å²) < 4.78 is 10.4. The Kier molecular flexibility index (Phi) is 6.22. The Bertz CT molecular complexity index is 535. The van der Waals surface area contributed by atoms with E-state index in [4.69, 9.17) is 15.2 Å². The van der Waals surface area contributed by atoms with Crippen LogP contribution in [0.5, 0.6) is 0 Å². The molecule has 0 fully saturated rings. The molecule has 0 atom stereocenters. The Morgan fingerprint density at radius 2 is 1.95 bits per heavy atom. The summed E-state index contributed by atoms with van der Waals surface area (Å²) in [6.45, 7) is 7.27. The zero-order chi connectivity index (χ0) is 16.8. The third kappa shape index (κ3) is 6.03. The minimum atomic E-state index is -0.610. The van der Waals surface area contributed by atoms with Crippen LogP contribution in [0.2, 0.25) is 0 Å². The highest BCUT2D eigenvalue weighted by Crippen LogP contribution is 2.25. The fourth-order valence-electron chi connectivity index (χ4n) is 1.73. The molecular weight excluding hydrogens is 284 g/mol. The molecule has 122 valence electrons. The van der Waals surface area contributed by atoms with Gasteiger partial charge in [0.25, 0.3) is 0 Å². The zero-order valence-electron chi connectivity index (χ0n) is 13.6. The maximum atomic E-state index is 11.9. The molecule has 0 aliphatic rings. The fourth-order valence-corrected chi connectivity index (χ4v) is 1.73. The van der Waals surface area contributed by atoms with Crippen molar-refractivity contribution < 1.29 is 19.1 Å². The van der Waals surface area contributed by atoms with E-state index in [1.54, 1.807) is 39.0 Å². The van der Waals surface area contributed by atoms with Crippen LogP contribution in [0, 0.1) is 0 Å². The van der Waals surface area contributed by atoms with E-state index in [0.29, 0.717) is 23.4 Å². The first-order valence-electron chi connectivity index (χ1n) is 7.26. The molecule has 0 aromatic heterocycles. The summed E-state index contributed by atoms with van der Waals surface area (Å²) in [5.41, 5.74) is 6.69. The van der Waals surface area contributed by atoms with Crippen LogP contribution in [0.3, 0.4) is 0 Å². The molecule has 0 heterocycles. The lowest BCUT2D eigenvalue weighted by atomic mass is 10.1. The summed E-state index contributed by atoms with van der Waals surface area (Å²) >= 11 is 0. The fraction of sp³-hybridized carbons (Fsp3) is 0.500. The molecule has 6 heteroatoms. The van der Waals surface area contributed by atoms with Gasteiger partial charge in [-0.3, -0.25) is 10.1 Å². The molecular formula is C16H24N2O4. The van der Waals surface area contributed by atoms with Gasteiger partial charge in [-0.25, -0.2) is 4.79 Å². The minimum Gasteiger partial charge on any atom is -0.461 e. The first kappa shape index (κ1) is 17.8. The normalized spacial score (nSPS) is 10.9. The number of benzene rings is 1. The number of hydrogen-bond acceptors (Lipinski definition) is 5. The van der Waals surface area contributed by atoms with Crippen LogP contribution in [-0.2, 0) is 20.9 Å². The lowest BCUT2D eigenvalue weighted by Gasteiger charge is -2.21. The molecule has 1 amide bonds. The highest BCUT2D eigenvalue weighted by molar-refractivity contribution is 5.90. The number of hydrogen-bond donors (Lipinski definition) is 2. The second-order valence-electron chi connectivity index (χ2n) is 5.92. The second kappa shape index (κ2) is 7.68. The number of carbonyl (C=O) groups excluding carboxylic acids is 2. The molecule has 0 saturated heterocycles. The number of carbonyl (C=O) groups is 2. The quantitative estimate of drug-likeness (QED) is 0.642. The standard InChI is InChI=1S/C16H24N2O4/c1-5-7-13(19)21-10-11-8-6-9-12(17)14(11)18-15(20)22-16(2,3)4/h6,8-9H,5,7,10,17H2,1-4H3,(H,18,20). The van der Waals surface area contributed by atoms with Gasteiger partial charge in [-0.2, -0.15) is 0 Å². The highest BCUT2D eigenvalue weighted by atomic mass is 16.6. The molecule has 1 aromatic rings. The van der Waals surface area contributed by atoms with Crippen molar-refractivity contribution in [2.75, 3.05) is 11.1 Å². The summed E-state index contributed by atoms with van der Waals surface area (Å²) in [5.74, 6) is -0.284. The van der Waals surface area contributed by atoms with Crippen LogP contribution in [0.15, 0.2) is 18.2 Å². The maximum Gasteiger partial charge on any atom is 0.412 e. The first-order valence-corrected chi connectivity index (χ1v) is 7.26. The molecule has 0 bridgehead atoms. The summed E-state index contributed by atoms with van der Waals surface area (Å²) in [6, 6.07) is 5.13. The minimum absolute atomic E-state index is 0.0506. The summed E-state index contributed by atoms with van der Waals surface area (Å²) in [7, 11) is 0. The molecule has 0 radical (unpaired) electrons. The van der Waals surface area contributed by atoms with Crippen LogP contribution < -0.4 is 11.1 Å². The number of nitrogens with two attached hydrogens (primary N) is 1. The number of esters is 1. The molecule has 3 N–H and O–H groups in total. The van der Waals surface area contributed by atoms with E-state index in [0.717, 1.165) is 6.42 Å². The molecule has 0 saturated carbocycles. The lowest BCUT2D eigenvalue weighted by molar-refractivity contribution is -0.144. The Morgan fingerprint density at radius 3 is 2.55 bits per heavy atom. The van der Waals surface area contributed by atoms with Gasteiger partial charge >= 0.3 is 12.1 Å². The van der Waals surface area contributed by atoms with Gasteiger partial charge < -0.3 is 15.2 Å². The molecule has 6 nitrogen and oxygen atoms in total. The van der Waals surface area contributed by atoms with E-state index >= 15 is 0 Å². The van der Waals surface area contributed by atoms with Gasteiger partial charge in [0.2, 0.25) is 0 Å². The number of amides is 1. The average molecular weight is 308 g/mol. The number of ether oxygens (including phenoxy) is 2. The second-order valence-corrected chi connectivity index (χ2v) is 5.92. The topological polar surface area (TPSA) is 90.6 Å². The monoisotopic (exact) mass is 308 g/mol. The Balaban J connectivity index is 2.81. The molecule has 0 aliphatic carbocycles. The van der Waals surface area contributed by atoms with E-state index in [1.807, 2.05) is 6.92 Å². The molecule has 22 heavy (non-hydrogen) atoms. The van der Waals surface area contributed by atoms with Crippen LogP contribution in [0.25, 0.3) is 0 Å². The predicted molar refractivity (Wildman–Crippen MR) is 85.4 cm³/mol.